The van der Waals surface area contributed by atoms with Crippen molar-refractivity contribution in [3.63, 3.8) is 0 Å². The number of carbonyl (C=O) groups excluding carboxylic acids is 1. The lowest BCUT2D eigenvalue weighted by Gasteiger charge is -2.44. The van der Waals surface area contributed by atoms with E-state index < -0.39 is 35.7 Å². The Kier molecular flexibility index (Phi) is 8.33. The van der Waals surface area contributed by atoms with Crippen LogP contribution in [-0.4, -0.2) is 57.7 Å². The number of carbonyl (C=O) groups is 2. The number of nitrogen functional groups attached to an aromatic ring is 1. The number of rotatable bonds is 6. The van der Waals surface area contributed by atoms with Gasteiger partial charge in [-0.15, -0.1) is 11.8 Å². The van der Waals surface area contributed by atoms with Crippen molar-refractivity contribution >= 4 is 69.4 Å². The molecule has 9 nitrogen and oxygen atoms in total. The number of anilines is 2. The molecular formula is C30H30Cl2FN5O4S. The number of nitrogens with two attached hydrogens (primary N) is 1. The number of hydrogen-bond donors (Lipinski definition) is 2. The number of hydrogen-bond acceptors (Lipinski definition) is 7. The van der Waals surface area contributed by atoms with Crippen LogP contribution in [0.4, 0.5) is 25.4 Å². The molecular weight excluding hydrogens is 616 g/mol. The molecule has 1 saturated carbocycles. The Morgan fingerprint density at radius 2 is 2.07 bits per heavy atom. The van der Waals surface area contributed by atoms with Crippen molar-refractivity contribution in [1.29, 1.82) is 5.26 Å². The lowest BCUT2D eigenvalue weighted by atomic mass is 9.78. The largest absolute Gasteiger partial charge is 0.465 e. The molecule has 0 spiro atoms. The Morgan fingerprint density at radius 3 is 2.67 bits per heavy atom. The number of ether oxygens (including phenoxy) is 1. The van der Waals surface area contributed by atoms with E-state index >= 15 is 4.39 Å². The van der Waals surface area contributed by atoms with Crippen LogP contribution in [0, 0.1) is 23.1 Å². The van der Waals surface area contributed by atoms with Gasteiger partial charge in [0.1, 0.15) is 16.1 Å². The molecule has 2 saturated heterocycles. The van der Waals surface area contributed by atoms with Gasteiger partial charge in [-0.05, 0) is 57.6 Å². The van der Waals surface area contributed by atoms with E-state index in [-0.39, 0.29) is 68.2 Å². The highest BCUT2D eigenvalue weighted by Crippen LogP contribution is 2.50. The summed E-state index contributed by atoms with van der Waals surface area (Å²) >= 11 is 14.0. The van der Waals surface area contributed by atoms with Gasteiger partial charge < -0.3 is 20.5 Å². The van der Waals surface area contributed by atoms with Crippen molar-refractivity contribution in [2.75, 3.05) is 23.4 Å². The summed E-state index contributed by atoms with van der Waals surface area (Å²) < 4.78 is 22.7. The van der Waals surface area contributed by atoms with Crippen molar-refractivity contribution in [3.8, 4) is 17.2 Å². The van der Waals surface area contributed by atoms with E-state index in [1.807, 2.05) is 0 Å². The third kappa shape index (κ3) is 5.41. The molecule has 3 heterocycles. The number of pyridine rings is 1. The second-order valence-corrected chi connectivity index (χ2v) is 13.2. The molecule has 2 aromatic carbocycles. The highest BCUT2D eigenvalue weighted by molar-refractivity contribution is 7.98. The maximum Gasteiger partial charge on any atom is 0.415 e. The number of halogens is 3. The topological polar surface area (TPSA) is 133 Å². The number of benzene rings is 2. The number of aryl methyl sites for hydroxylation is 1. The fraction of sp³-hybridized carbons (Fsp3) is 0.400. The molecule has 43 heavy (non-hydrogen) atoms. The minimum Gasteiger partial charge on any atom is -0.465 e. The monoisotopic (exact) mass is 645 g/mol. The number of thioether (sulfide) groups is 1. The predicted molar refractivity (Wildman–Crippen MR) is 166 cm³/mol. The lowest BCUT2D eigenvalue weighted by Crippen LogP contribution is -2.58. The molecule has 3 fully saturated rings. The summed E-state index contributed by atoms with van der Waals surface area (Å²) in [6.07, 6.45) is 0.746. The van der Waals surface area contributed by atoms with Gasteiger partial charge in [0.2, 0.25) is 0 Å². The molecule has 226 valence electrons. The van der Waals surface area contributed by atoms with Crippen molar-refractivity contribution in [1.82, 2.24) is 9.88 Å². The maximum absolute atomic E-state index is 16.8. The van der Waals surface area contributed by atoms with E-state index in [9.17, 15) is 20.0 Å². The van der Waals surface area contributed by atoms with Gasteiger partial charge in [-0.2, -0.15) is 5.26 Å². The van der Waals surface area contributed by atoms with Crippen molar-refractivity contribution in [2.24, 2.45) is 5.92 Å². The molecule has 3 N–H and O–H groups in total. The van der Waals surface area contributed by atoms with Crippen LogP contribution in [0.15, 0.2) is 29.3 Å². The average molecular weight is 647 g/mol. The van der Waals surface area contributed by atoms with E-state index in [0.717, 1.165) is 0 Å². The zero-order chi connectivity index (χ0) is 31.4. The summed E-state index contributed by atoms with van der Waals surface area (Å²) in [4.78, 5) is 33.3. The SMILES string of the molecule is CSc1nc2c(F)c(-c3cccc(Cl)c3Cl)c(CCC#N)cc2c(N(C(=O)OC(C)(C)C)[C@H]2[C@@H]3C[C@H]2N(C(=O)O)C3)c1N. The standard InChI is InChI=1S/C30H30Cl2FN5O4S/c1-30(2,3)42-29(41)38(25-15-12-19(25)37(13-15)28(39)40)26-17-11-14(7-6-10-34)20(16-8-5-9-18(31)21(16)32)22(33)24(17)36-27(43-4)23(26)35/h5,8-9,11,15,19,25H,6-7,12-13,35H2,1-4H3,(H,39,40)/t15-,19-,25+/m1/s1. The average Bonchev–Trinajstić information content (AvgIpc) is 3.53. The highest BCUT2D eigenvalue weighted by atomic mass is 35.5. The fourth-order valence-electron chi connectivity index (χ4n) is 6.05. The maximum atomic E-state index is 16.8. The molecule has 3 atom stereocenters. The summed E-state index contributed by atoms with van der Waals surface area (Å²) in [7, 11) is 0. The molecule has 1 aliphatic carbocycles. The molecule has 0 radical (unpaired) electrons. The van der Waals surface area contributed by atoms with E-state index in [2.05, 4.69) is 11.1 Å². The third-order valence-corrected chi connectivity index (χ3v) is 9.34. The van der Waals surface area contributed by atoms with E-state index in [0.29, 0.717) is 17.5 Å². The smallest absolute Gasteiger partial charge is 0.415 e. The molecule has 13 heteroatoms. The molecule has 6 rings (SSSR count). The van der Waals surface area contributed by atoms with Crippen LogP contribution in [0.25, 0.3) is 22.0 Å². The van der Waals surface area contributed by atoms with Crippen LogP contribution in [-0.2, 0) is 11.2 Å². The molecule has 2 amide bonds. The van der Waals surface area contributed by atoms with Gasteiger partial charge in [0.05, 0.1) is 39.6 Å². The summed E-state index contributed by atoms with van der Waals surface area (Å²) in [6.45, 7) is 5.43. The number of aromatic nitrogens is 1. The molecule has 2 aliphatic heterocycles. The Hall–Kier alpha value is -3.46. The van der Waals surface area contributed by atoms with Gasteiger partial charge in [-0.25, -0.2) is 19.0 Å². The number of fused-ring (bicyclic) bond motifs is 2. The van der Waals surface area contributed by atoms with Crippen molar-refractivity contribution in [2.45, 2.75) is 62.7 Å². The van der Waals surface area contributed by atoms with Crippen LogP contribution < -0.4 is 10.6 Å². The third-order valence-electron chi connectivity index (χ3n) is 7.82. The van der Waals surface area contributed by atoms with Gasteiger partial charge in [-0.1, -0.05) is 35.3 Å². The van der Waals surface area contributed by atoms with Gasteiger partial charge in [-0.3, -0.25) is 4.90 Å². The predicted octanol–water partition coefficient (Wildman–Crippen LogP) is 7.60. The Balaban J connectivity index is 1.83. The number of nitriles is 1. The first-order chi connectivity index (χ1) is 20.3. The number of nitrogens with zero attached hydrogens (tertiary/aromatic N) is 4. The van der Waals surface area contributed by atoms with Crippen molar-refractivity contribution in [3.05, 3.63) is 45.7 Å². The summed E-state index contributed by atoms with van der Waals surface area (Å²) in [6, 6.07) is 7.60. The molecule has 0 unspecified atom stereocenters. The summed E-state index contributed by atoms with van der Waals surface area (Å²) in [5.74, 6) is -0.875. The van der Waals surface area contributed by atoms with E-state index in [1.54, 1.807) is 51.3 Å². The van der Waals surface area contributed by atoms with Crippen LogP contribution in [0.3, 0.4) is 0 Å². The van der Waals surface area contributed by atoms with Crippen LogP contribution in [0.1, 0.15) is 39.2 Å². The van der Waals surface area contributed by atoms with Crippen LogP contribution in [0.5, 0.6) is 0 Å². The zero-order valence-electron chi connectivity index (χ0n) is 24.0. The first-order valence-corrected chi connectivity index (χ1v) is 15.6. The summed E-state index contributed by atoms with van der Waals surface area (Å²) in [5.41, 5.74) is 7.02. The van der Waals surface area contributed by atoms with Gasteiger partial charge in [0, 0.05) is 35.4 Å². The van der Waals surface area contributed by atoms with Gasteiger partial charge in [0.25, 0.3) is 0 Å². The van der Waals surface area contributed by atoms with E-state index in [1.165, 1.54) is 21.6 Å². The quantitative estimate of drug-likeness (QED) is 0.262. The lowest BCUT2D eigenvalue weighted by molar-refractivity contribution is 0.0518. The Bertz CT molecular complexity index is 1690. The fourth-order valence-corrected chi connectivity index (χ4v) is 6.94. The molecule has 1 aromatic heterocycles. The zero-order valence-corrected chi connectivity index (χ0v) is 26.3. The van der Waals surface area contributed by atoms with Crippen molar-refractivity contribution < 1.29 is 23.8 Å². The van der Waals surface area contributed by atoms with Crippen LogP contribution >= 0.6 is 35.0 Å². The minimum absolute atomic E-state index is 0.0596. The Labute approximate surface area is 262 Å². The Morgan fingerprint density at radius 1 is 1.35 bits per heavy atom. The first kappa shape index (κ1) is 31.0. The van der Waals surface area contributed by atoms with Gasteiger partial charge >= 0.3 is 12.2 Å². The second kappa shape index (κ2) is 11.6. The van der Waals surface area contributed by atoms with E-state index in [4.69, 9.17) is 33.7 Å². The molecule has 2 bridgehead atoms. The molecule has 3 aliphatic rings. The van der Waals surface area contributed by atoms with Gasteiger partial charge in [0.15, 0.2) is 5.82 Å². The minimum atomic E-state index is -1.08. The summed E-state index contributed by atoms with van der Waals surface area (Å²) in [5, 5.41) is 20.1. The first-order valence-electron chi connectivity index (χ1n) is 13.6. The van der Waals surface area contributed by atoms with Crippen LogP contribution in [0.2, 0.25) is 10.0 Å². The normalized spacial score (nSPS) is 19.2. The molecule has 3 aromatic rings. The highest BCUT2D eigenvalue weighted by Gasteiger charge is 2.58. The number of amides is 2. The second-order valence-electron chi connectivity index (χ2n) is 11.6. The number of carboxylic acid groups (broad SMARTS) is 1.